The van der Waals surface area contributed by atoms with Gasteiger partial charge in [-0.1, -0.05) is 12.1 Å². The van der Waals surface area contributed by atoms with Crippen LogP contribution in [0.5, 0.6) is 5.75 Å². The molecule has 0 radical (unpaired) electrons. The van der Waals surface area contributed by atoms with Gasteiger partial charge in [0, 0.05) is 59.6 Å². The number of methoxy groups -OCH3 is 1. The number of ether oxygens (including phenoxy) is 2. The Morgan fingerprint density at radius 1 is 1.14 bits per heavy atom. The van der Waals surface area contributed by atoms with Crippen molar-refractivity contribution in [1.82, 2.24) is 5.32 Å². The van der Waals surface area contributed by atoms with E-state index in [2.05, 4.69) is 15.6 Å². The van der Waals surface area contributed by atoms with Crippen LogP contribution in [0.15, 0.2) is 47.5 Å². The molecule has 0 atom stereocenters. The molecule has 0 heterocycles. The summed E-state index contributed by atoms with van der Waals surface area (Å²) in [5.74, 6) is 1.12. The van der Waals surface area contributed by atoms with Gasteiger partial charge in [-0.05, 0) is 29.8 Å². The van der Waals surface area contributed by atoms with Crippen molar-refractivity contribution in [1.29, 1.82) is 0 Å². The van der Waals surface area contributed by atoms with Crippen LogP contribution in [-0.4, -0.2) is 47.4 Å². The number of rotatable bonds is 9. The normalized spacial score (nSPS) is 10.9. The Kier molecular flexibility index (Phi) is 11.4. The Balaban J connectivity index is 0.00000420. The van der Waals surface area contributed by atoms with Crippen molar-refractivity contribution in [2.75, 3.05) is 51.7 Å². The second-order valence-electron chi connectivity index (χ2n) is 6.45. The van der Waals surface area contributed by atoms with Crippen LogP contribution in [0.2, 0.25) is 0 Å². The van der Waals surface area contributed by atoms with E-state index in [1.807, 2.05) is 44.4 Å². The van der Waals surface area contributed by atoms with Gasteiger partial charge >= 0.3 is 0 Å². The maximum Gasteiger partial charge on any atom is 0.195 e. The molecule has 6 nitrogen and oxygen atoms in total. The predicted molar refractivity (Wildman–Crippen MR) is 128 cm³/mol. The molecule has 0 bridgehead atoms. The van der Waals surface area contributed by atoms with Crippen LogP contribution in [-0.2, 0) is 11.3 Å². The SMILES string of the molecule is CN=C(NCc1ccc(N(C)C)c(F)c1)Nc1cccc(OCCCOC)c1.I. The van der Waals surface area contributed by atoms with Gasteiger partial charge in [0.15, 0.2) is 5.96 Å². The highest BCUT2D eigenvalue weighted by atomic mass is 127. The highest BCUT2D eigenvalue weighted by Gasteiger charge is 2.06. The van der Waals surface area contributed by atoms with Gasteiger partial charge in [-0.25, -0.2) is 4.39 Å². The van der Waals surface area contributed by atoms with E-state index in [9.17, 15) is 4.39 Å². The fourth-order valence-corrected chi connectivity index (χ4v) is 2.58. The lowest BCUT2D eigenvalue weighted by atomic mass is 10.2. The second-order valence-corrected chi connectivity index (χ2v) is 6.45. The summed E-state index contributed by atoms with van der Waals surface area (Å²) in [4.78, 5) is 5.97. The van der Waals surface area contributed by atoms with Crippen molar-refractivity contribution < 1.29 is 13.9 Å². The highest BCUT2D eigenvalue weighted by molar-refractivity contribution is 14.0. The number of benzene rings is 2. The van der Waals surface area contributed by atoms with Crippen molar-refractivity contribution in [3.8, 4) is 5.75 Å². The zero-order valence-electron chi connectivity index (χ0n) is 17.4. The van der Waals surface area contributed by atoms with E-state index >= 15 is 0 Å². The average Bonchev–Trinajstić information content (AvgIpc) is 2.68. The number of halogens is 2. The Morgan fingerprint density at radius 3 is 2.59 bits per heavy atom. The van der Waals surface area contributed by atoms with Gasteiger partial charge in [0.05, 0.1) is 12.3 Å². The van der Waals surface area contributed by atoms with Crippen molar-refractivity contribution >= 4 is 41.3 Å². The van der Waals surface area contributed by atoms with Gasteiger partial charge in [0.25, 0.3) is 0 Å². The third-order valence-corrected chi connectivity index (χ3v) is 4.04. The number of hydrogen-bond donors (Lipinski definition) is 2. The second kappa shape index (κ2) is 13.2. The number of aliphatic imine (C=N–C) groups is 1. The number of nitrogens with zero attached hydrogens (tertiary/aromatic N) is 2. The van der Waals surface area contributed by atoms with Gasteiger partial charge in [0.2, 0.25) is 0 Å². The molecule has 0 saturated carbocycles. The molecule has 0 fully saturated rings. The molecule has 0 unspecified atom stereocenters. The van der Waals surface area contributed by atoms with E-state index in [0.29, 0.717) is 31.4 Å². The smallest absolute Gasteiger partial charge is 0.195 e. The molecule has 2 N–H and O–H groups in total. The summed E-state index contributed by atoms with van der Waals surface area (Å²) in [6.45, 7) is 1.72. The van der Waals surface area contributed by atoms with Crippen LogP contribution in [0.4, 0.5) is 15.8 Å². The monoisotopic (exact) mass is 516 g/mol. The van der Waals surface area contributed by atoms with Crippen LogP contribution < -0.4 is 20.3 Å². The molecule has 2 rings (SSSR count). The Labute approximate surface area is 189 Å². The fraction of sp³-hybridized carbons (Fsp3) is 0.381. The molecule has 0 spiro atoms. The summed E-state index contributed by atoms with van der Waals surface area (Å²) in [5.41, 5.74) is 2.25. The average molecular weight is 516 g/mol. The third kappa shape index (κ3) is 8.45. The summed E-state index contributed by atoms with van der Waals surface area (Å²) in [6.07, 6.45) is 0.834. The Hall–Kier alpha value is -2.07. The summed E-state index contributed by atoms with van der Waals surface area (Å²) >= 11 is 0. The number of guanidine groups is 1. The lowest BCUT2D eigenvalue weighted by Gasteiger charge is -2.16. The molecule has 2 aromatic rings. The number of nitrogens with one attached hydrogen (secondary N) is 2. The minimum absolute atomic E-state index is 0. The molecular weight excluding hydrogens is 486 g/mol. The van der Waals surface area contributed by atoms with Gasteiger partial charge in [0.1, 0.15) is 11.6 Å². The maximum atomic E-state index is 14.1. The van der Waals surface area contributed by atoms with Crippen LogP contribution in [0.25, 0.3) is 0 Å². The van der Waals surface area contributed by atoms with Gasteiger partial charge < -0.3 is 25.0 Å². The van der Waals surface area contributed by atoms with Crippen LogP contribution in [0, 0.1) is 5.82 Å². The molecule has 8 heteroatoms. The molecule has 0 aliphatic rings. The van der Waals surface area contributed by atoms with E-state index in [1.54, 1.807) is 25.1 Å². The zero-order valence-corrected chi connectivity index (χ0v) is 19.7. The molecule has 29 heavy (non-hydrogen) atoms. The zero-order chi connectivity index (χ0) is 20.4. The lowest BCUT2D eigenvalue weighted by Crippen LogP contribution is -2.30. The molecule has 0 aromatic heterocycles. The molecule has 0 aliphatic heterocycles. The van der Waals surface area contributed by atoms with Crippen molar-refractivity contribution in [2.24, 2.45) is 4.99 Å². The Bertz CT molecular complexity index is 787. The highest BCUT2D eigenvalue weighted by Crippen LogP contribution is 2.19. The van der Waals surface area contributed by atoms with Gasteiger partial charge in [-0.2, -0.15) is 0 Å². The fourth-order valence-electron chi connectivity index (χ4n) is 2.58. The van der Waals surface area contributed by atoms with E-state index < -0.39 is 0 Å². The first-order valence-corrected chi connectivity index (χ1v) is 9.18. The molecule has 0 saturated heterocycles. The molecule has 160 valence electrons. The minimum atomic E-state index is -0.245. The molecule has 0 aliphatic carbocycles. The lowest BCUT2D eigenvalue weighted by molar-refractivity contribution is 0.172. The van der Waals surface area contributed by atoms with E-state index in [-0.39, 0.29) is 29.8 Å². The summed E-state index contributed by atoms with van der Waals surface area (Å²) in [5, 5.41) is 6.41. The summed E-state index contributed by atoms with van der Waals surface area (Å²) in [7, 11) is 7.00. The van der Waals surface area contributed by atoms with Crippen LogP contribution >= 0.6 is 24.0 Å². The molecular formula is C21H30FIN4O2. The largest absolute Gasteiger partial charge is 0.493 e. The first kappa shape index (κ1) is 25.0. The third-order valence-electron chi connectivity index (χ3n) is 4.04. The van der Waals surface area contributed by atoms with E-state index in [1.165, 1.54) is 6.07 Å². The number of anilines is 2. The first-order valence-electron chi connectivity index (χ1n) is 9.18. The standard InChI is InChI=1S/C21H29FN4O2.HI/c1-23-21(24-15-16-9-10-20(26(2)3)19(22)13-16)25-17-7-5-8-18(14-17)28-12-6-11-27-4;/h5,7-10,13-14H,6,11-12,15H2,1-4H3,(H2,23,24,25);1H. The van der Waals surface area contributed by atoms with Crippen molar-refractivity contribution in [3.63, 3.8) is 0 Å². The predicted octanol–water partition coefficient (Wildman–Crippen LogP) is 4.11. The topological polar surface area (TPSA) is 58.1 Å². The van der Waals surface area contributed by atoms with Gasteiger partial charge in [-0.3, -0.25) is 4.99 Å². The Morgan fingerprint density at radius 2 is 1.93 bits per heavy atom. The van der Waals surface area contributed by atoms with Gasteiger partial charge in [-0.15, -0.1) is 24.0 Å². The molecule has 2 aromatic carbocycles. The minimum Gasteiger partial charge on any atom is -0.493 e. The number of hydrogen-bond acceptors (Lipinski definition) is 4. The van der Waals surface area contributed by atoms with Crippen LogP contribution in [0.3, 0.4) is 0 Å². The van der Waals surface area contributed by atoms with E-state index in [4.69, 9.17) is 9.47 Å². The molecule has 0 amide bonds. The van der Waals surface area contributed by atoms with E-state index in [0.717, 1.165) is 23.4 Å². The van der Waals surface area contributed by atoms with Crippen molar-refractivity contribution in [3.05, 3.63) is 53.8 Å². The quantitative estimate of drug-likeness (QED) is 0.228. The van der Waals surface area contributed by atoms with Crippen molar-refractivity contribution in [2.45, 2.75) is 13.0 Å². The summed E-state index contributed by atoms with van der Waals surface area (Å²) < 4.78 is 24.8. The first-order chi connectivity index (χ1) is 13.5. The summed E-state index contributed by atoms with van der Waals surface area (Å²) in [6, 6.07) is 12.9. The van der Waals surface area contributed by atoms with Crippen LogP contribution in [0.1, 0.15) is 12.0 Å². The maximum absolute atomic E-state index is 14.1.